The standard InChI is InChI=1S/C21H20N2O3S/c1-15-11-13-17(14-12-15)27(25,26)23-19-10-6-5-9-18(19)20(21(23)24)22-16-7-3-2-4-8-16/h2-14,20-22,24H,1H3/t20-,21+/m0/s1. The third kappa shape index (κ3) is 3.07. The number of hydrogen-bond donors (Lipinski definition) is 2. The van der Waals surface area contributed by atoms with E-state index in [1.54, 1.807) is 36.4 Å². The van der Waals surface area contributed by atoms with Crippen molar-refractivity contribution in [2.45, 2.75) is 24.1 Å². The van der Waals surface area contributed by atoms with Gasteiger partial charge in [0.05, 0.1) is 16.6 Å². The van der Waals surface area contributed by atoms with Gasteiger partial charge in [0.15, 0.2) is 6.23 Å². The van der Waals surface area contributed by atoms with Gasteiger partial charge >= 0.3 is 0 Å². The summed E-state index contributed by atoms with van der Waals surface area (Å²) in [4.78, 5) is 0.155. The molecule has 0 spiro atoms. The van der Waals surface area contributed by atoms with Crippen LogP contribution in [0.25, 0.3) is 0 Å². The van der Waals surface area contributed by atoms with Crippen LogP contribution in [0.5, 0.6) is 0 Å². The molecule has 1 aliphatic rings. The molecular weight excluding hydrogens is 360 g/mol. The highest BCUT2D eigenvalue weighted by Gasteiger charge is 2.44. The fourth-order valence-electron chi connectivity index (χ4n) is 3.35. The first kappa shape index (κ1) is 17.6. The Bertz CT molecular complexity index is 1050. The first-order valence-electron chi connectivity index (χ1n) is 8.68. The summed E-state index contributed by atoms with van der Waals surface area (Å²) in [7, 11) is -3.90. The third-order valence-electron chi connectivity index (χ3n) is 4.72. The molecule has 2 atom stereocenters. The van der Waals surface area contributed by atoms with Gasteiger partial charge in [-0.2, -0.15) is 0 Å². The molecule has 5 nitrogen and oxygen atoms in total. The second-order valence-electron chi connectivity index (χ2n) is 6.57. The van der Waals surface area contributed by atoms with E-state index in [-0.39, 0.29) is 4.90 Å². The Kier molecular flexibility index (Phi) is 4.37. The molecule has 1 aliphatic heterocycles. The summed E-state index contributed by atoms with van der Waals surface area (Å²) in [5, 5.41) is 14.2. The van der Waals surface area contributed by atoms with Crippen LogP contribution in [0.2, 0.25) is 0 Å². The molecule has 3 aromatic rings. The first-order valence-corrected chi connectivity index (χ1v) is 10.1. The molecule has 0 radical (unpaired) electrons. The Morgan fingerprint density at radius 1 is 0.889 bits per heavy atom. The van der Waals surface area contributed by atoms with Gasteiger partial charge in [-0.05, 0) is 37.3 Å². The van der Waals surface area contributed by atoms with Gasteiger partial charge in [-0.3, -0.25) is 0 Å². The number of aryl methyl sites for hydroxylation is 1. The zero-order valence-corrected chi connectivity index (χ0v) is 15.6. The number of aliphatic hydroxyl groups excluding tert-OH is 1. The molecule has 3 aromatic carbocycles. The van der Waals surface area contributed by atoms with E-state index in [0.717, 1.165) is 21.1 Å². The highest BCUT2D eigenvalue weighted by Crippen LogP contribution is 2.43. The Morgan fingerprint density at radius 3 is 2.22 bits per heavy atom. The molecule has 1 heterocycles. The smallest absolute Gasteiger partial charge is 0.266 e. The van der Waals surface area contributed by atoms with E-state index < -0.39 is 22.3 Å². The summed E-state index contributed by atoms with van der Waals surface area (Å²) in [5.41, 5.74) is 3.01. The fraction of sp³-hybridized carbons (Fsp3) is 0.143. The van der Waals surface area contributed by atoms with Crippen molar-refractivity contribution in [3.8, 4) is 0 Å². The maximum atomic E-state index is 13.3. The van der Waals surface area contributed by atoms with E-state index in [2.05, 4.69) is 5.32 Å². The largest absolute Gasteiger partial charge is 0.374 e. The van der Waals surface area contributed by atoms with E-state index >= 15 is 0 Å². The number of fused-ring (bicyclic) bond motifs is 1. The minimum absolute atomic E-state index is 0.155. The number of para-hydroxylation sites is 2. The van der Waals surface area contributed by atoms with E-state index in [1.165, 1.54) is 0 Å². The summed E-state index contributed by atoms with van der Waals surface area (Å²) >= 11 is 0. The monoisotopic (exact) mass is 380 g/mol. The molecular formula is C21H20N2O3S. The van der Waals surface area contributed by atoms with Crippen LogP contribution in [0, 0.1) is 6.92 Å². The summed E-state index contributed by atoms with van der Waals surface area (Å²) < 4.78 is 27.6. The Morgan fingerprint density at radius 2 is 1.52 bits per heavy atom. The molecule has 0 amide bonds. The van der Waals surface area contributed by atoms with Crippen LogP contribution < -0.4 is 9.62 Å². The lowest BCUT2D eigenvalue weighted by Gasteiger charge is -2.26. The predicted molar refractivity (Wildman–Crippen MR) is 106 cm³/mol. The number of nitrogens with one attached hydrogen (secondary N) is 1. The van der Waals surface area contributed by atoms with E-state index in [9.17, 15) is 13.5 Å². The number of benzene rings is 3. The number of anilines is 2. The van der Waals surface area contributed by atoms with Crippen molar-refractivity contribution in [1.82, 2.24) is 0 Å². The average Bonchev–Trinajstić information content (AvgIpc) is 2.95. The minimum Gasteiger partial charge on any atom is -0.374 e. The molecule has 0 saturated carbocycles. The van der Waals surface area contributed by atoms with Crippen molar-refractivity contribution in [2.75, 3.05) is 9.62 Å². The molecule has 2 N–H and O–H groups in total. The van der Waals surface area contributed by atoms with Gasteiger partial charge in [-0.25, -0.2) is 12.7 Å². The summed E-state index contributed by atoms with van der Waals surface area (Å²) in [6, 6.07) is 22.7. The lowest BCUT2D eigenvalue weighted by molar-refractivity contribution is 0.174. The van der Waals surface area contributed by atoms with E-state index in [1.807, 2.05) is 49.4 Å². The average molecular weight is 380 g/mol. The summed E-state index contributed by atoms with van der Waals surface area (Å²) in [6.07, 6.45) is -1.26. The molecule has 0 unspecified atom stereocenters. The molecule has 27 heavy (non-hydrogen) atoms. The second-order valence-corrected chi connectivity index (χ2v) is 8.39. The predicted octanol–water partition coefficient (Wildman–Crippen LogP) is 3.68. The second kappa shape index (κ2) is 6.72. The zero-order valence-electron chi connectivity index (χ0n) is 14.8. The van der Waals surface area contributed by atoms with Crippen LogP contribution in [0.1, 0.15) is 17.2 Å². The van der Waals surface area contributed by atoms with E-state index in [0.29, 0.717) is 5.69 Å². The first-order chi connectivity index (χ1) is 13.0. The number of aliphatic hydroxyl groups is 1. The van der Waals surface area contributed by atoms with Crippen molar-refractivity contribution < 1.29 is 13.5 Å². The van der Waals surface area contributed by atoms with Gasteiger partial charge in [-0.15, -0.1) is 0 Å². The molecule has 6 heteroatoms. The molecule has 4 rings (SSSR count). The van der Waals surface area contributed by atoms with Crippen LogP contribution in [0.3, 0.4) is 0 Å². The summed E-state index contributed by atoms with van der Waals surface area (Å²) in [5.74, 6) is 0. The Labute approximate surface area is 158 Å². The maximum absolute atomic E-state index is 13.3. The molecule has 0 saturated heterocycles. The third-order valence-corrected chi connectivity index (χ3v) is 6.52. The minimum atomic E-state index is -3.90. The quantitative estimate of drug-likeness (QED) is 0.724. The van der Waals surface area contributed by atoms with Gasteiger partial charge < -0.3 is 10.4 Å². The van der Waals surface area contributed by atoms with Crippen LogP contribution in [-0.4, -0.2) is 19.8 Å². The normalized spacial score (nSPS) is 19.0. The van der Waals surface area contributed by atoms with Crippen molar-refractivity contribution in [3.63, 3.8) is 0 Å². The number of nitrogens with zero attached hydrogens (tertiary/aromatic N) is 1. The lowest BCUT2D eigenvalue weighted by Crippen LogP contribution is -2.40. The van der Waals surface area contributed by atoms with Crippen LogP contribution >= 0.6 is 0 Å². The maximum Gasteiger partial charge on any atom is 0.266 e. The SMILES string of the molecule is Cc1ccc(S(=O)(=O)N2c3ccccc3[C@H](Nc3ccccc3)[C@H]2O)cc1. The number of rotatable bonds is 4. The van der Waals surface area contributed by atoms with Crippen molar-refractivity contribution in [3.05, 3.63) is 90.0 Å². The number of hydrogen-bond acceptors (Lipinski definition) is 4. The van der Waals surface area contributed by atoms with Crippen molar-refractivity contribution in [1.29, 1.82) is 0 Å². The lowest BCUT2D eigenvalue weighted by atomic mass is 10.1. The molecule has 0 fully saturated rings. The van der Waals surface area contributed by atoms with Crippen LogP contribution in [0.15, 0.2) is 83.8 Å². The van der Waals surface area contributed by atoms with Crippen molar-refractivity contribution in [2.24, 2.45) is 0 Å². The highest BCUT2D eigenvalue weighted by atomic mass is 32.2. The topological polar surface area (TPSA) is 69.6 Å². The molecule has 138 valence electrons. The van der Waals surface area contributed by atoms with Gasteiger partial charge in [0.25, 0.3) is 10.0 Å². The summed E-state index contributed by atoms with van der Waals surface area (Å²) in [6.45, 7) is 1.90. The van der Waals surface area contributed by atoms with Crippen LogP contribution in [-0.2, 0) is 10.0 Å². The van der Waals surface area contributed by atoms with Gasteiger partial charge in [0, 0.05) is 11.3 Å². The zero-order chi connectivity index (χ0) is 19.0. The Balaban J connectivity index is 1.77. The van der Waals surface area contributed by atoms with Gasteiger partial charge in [0.1, 0.15) is 0 Å². The van der Waals surface area contributed by atoms with Gasteiger partial charge in [0.2, 0.25) is 0 Å². The molecule has 0 bridgehead atoms. The van der Waals surface area contributed by atoms with Crippen LogP contribution in [0.4, 0.5) is 11.4 Å². The number of sulfonamides is 1. The van der Waals surface area contributed by atoms with E-state index in [4.69, 9.17) is 0 Å². The highest BCUT2D eigenvalue weighted by molar-refractivity contribution is 7.92. The molecule has 0 aliphatic carbocycles. The molecule has 0 aromatic heterocycles. The van der Waals surface area contributed by atoms with Crippen molar-refractivity contribution >= 4 is 21.4 Å². The fourth-order valence-corrected chi connectivity index (χ4v) is 4.89. The Hall–Kier alpha value is -2.83. The van der Waals surface area contributed by atoms with Gasteiger partial charge in [-0.1, -0.05) is 54.1 Å².